The second-order valence-corrected chi connectivity index (χ2v) is 5.85. The number of allylic oxidation sites excluding steroid dienone is 5. The highest BCUT2D eigenvalue weighted by Gasteiger charge is 2.38. The van der Waals surface area contributed by atoms with E-state index in [1.165, 1.54) is 12.8 Å². The third-order valence-electron chi connectivity index (χ3n) is 4.31. The van der Waals surface area contributed by atoms with Crippen LogP contribution in [0.1, 0.15) is 46.0 Å². The van der Waals surface area contributed by atoms with Crippen LogP contribution in [0.4, 0.5) is 0 Å². The summed E-state index contributed by atoms with van der Waals surface area (Å²) in [6.07, 6.45) is 16.7. The Balaban J connectivity index is 2.45. The minimum absolute atomic E-state index is 0.0536. The molecule has 1 N–H and O–H groups in total. The van der Waals surface area contributed by atoms with E-state index in [1.807, 2.05) is 31.2 Å². The maximum absolute atomic E-state index is 12.5. The lowest BCUT2D eigenvalue weighted by molar-refractivity contribution is -0.911. The molecule has 1 rings (SSSR count). The average molecular weight is 279 g/mol. The fraction of sp³-hybridized carbons (Fsp3) is 0.647. The Kier molecular flexibility index (Phi) is 7.20. The number of unbranched alkanes of at least 4 members (excludes halogenated alkanes) is 2. The molecule has 1 fully saturated rings. The fourth-order valence-electron chi connectivity index (χ4n) is 2.57. The number of rotatable bonds is 6. The Morgan fingerprint density at radius 2 is 1.90 bits per heavy atom. The number of aliphatic hydroxyl groups is 1. The van der Waals surface area contributed by atoms with Gasteiger partial charge in [0.1, 0.15) is 18.2 Å². The van der Waals surface area contributed by atoms with Crippen molar-refractivity contribution in [2.45, 2.75) is 64.1 Å². The number of hydroxylamine groups is 3. The van der Waals surface area contributed by atoms with E-state index < -0.39 is 6.10 Å². The van der Waals surface area contributed by atoms with Crippen LogP contribution in [0.2, 0.25) is 0 Å². The minimum atomic E-state index is -0.473. The number of nitrogens with zero attached hydrogens (tertiary/aromatic N) is 1. The number of likely N-dealkylation sites (tertiary alicyclic amines) is 1. The highest BCUT2D eigenvalue weighted by molar-refractivity contribution is 5.12. The zero-order chi connectivity index (χ0) is 15.0. The molecule has 0 amide bonds. The van der Waals surface area contributed by atoms with Crippen molar-refractivity contribution >= 4 is 0 Å². The molecule has 0 radical (unpaired) electrons. The van der Waals surface area contributed by atoms with E-state index in [2.05, 4.69) is 19.1 Å². The van der Waals surface area contributed by atoms with Gasteiger partial charge in [0.2, 0.25) is 0 Å². The molecule has 1 aliphatic rings. The molecule has 0 spiro atoms. The lowest BCUT2D eigenvalue weighted by atomic mass is 9.93. The standard InChI is InChI=1S/C17H29NO2/c1-4-5-6-7-8-9-10-11-12-16-13-14-17(19)15(2)18(16,3)20/h7-12,15-17,19H,4-6,13-14H2,1-3H3/b8-7+,10-9+,12-11+/t15-,16+,17-,18?/m0/s1. The topological polar surface area (TPSA) is 43.3 Å². The van der Waals surface area contributed by atoms with Gasteiger partial charge in [-0.3, -0.25) is 0 Å². The third kappa shape index (κ3) is 4.89. The molecule has 0 aromatic rings. The molecule has 4 atom stereocenters. The first-order valence-corrected chi connectivity index (χ1v) is 7.75. The van der Waals surface area contributed by atoms with Crippen molar-refractivity contribution in [3.63, 3.8) is 0 Å². The summed E-state index contributed by atoms with van der Waals surface area (Å²) in [6.45, 7) is 4.02. The van der Waals surface area contributed by atoms with Gasteiger partial charge in [0.05, 0.1) is 7.05 Å². The first-order valence-electron chi connectivity index (χ1n) is 7.75. The molecule has 0 aromatic carbocycles. The molecule has 1 unspecified atom stereocenters. The van der Waals surface area contributed by atoms with Crippen LogP contribution >= 0.6 is 0 Å². The van der Waals surface area contributed by atoms with Crippen LogP contribution in [0, 0.1) is 5.21 Å². The summed E-state index contributed by atoms with van der Waals surface area (Å²) in [5.74, 6) is 0. The van der Waals surface area contributed by atoms with Gasteiger partial charge in [0, 0.05) is 6.42 Å². The minimum Gasteiger partial charge on any atom is -0.632 e. The summed E-state index contributed by atoms with van der Waals surface area (Å²) in [5.41, 5.74) is 0. The molecule has 1 heterocycles. The second kappa shape index (κ2) is 8.40. The first-order chi connectivity index (χ1) is 9.50. The quantitative estimate of drug-likeness (QED) is 0.349. The van der Waals surface area contributed by atoms with Crippen molar-refractivity contribution in [1.29, 1.82) is 0 Å². The van der Waals surface area contributed by atoms with Gasteiger partial charge in [0.25, 0.3) is 0 Å². The van der Waals surface area contributed by atoms with Gasteiger partial charge >= 0.3 is 0 Å². The van der Waals surface area contributed by atoms with Crippen LogP contribution in [0.3, 0.4) is 0 Å². The third-order valence-corrected chi connectivity index (χ3v) is 4.31. The van der Waals surface area contributed by atoms with E-state index in [0.29, 0.717) is 6.42 Å². The molecular weight excluding hydrogens is 250 g/mol. The van der Waals surface area contributed by atoms with E-state index in [9.17, 15) is 10.3 Å². The van der Waals surface area contributed by atoms with Crippen molar-refractivity contribution in [3.8, 4) is 0 Å². The number of aliphatic hydroxyl groups excluding tert-OH is 1. The highest BCUT2D eigenvalue weighted by Crippen LogP contribution is 2.29. The van der Waals surface area contributed by atoms with Crippen LogP contribution in [0.5, 0.6) is 0 Å². The molecular formula is C17H29NO2. The number of hydrogen-bond acceptors (Lipinski definition) is 2. The molecule has 20 heavy (non-hydrogen) atoms. The van der Waals surface area contributed by atoms with Crippen LogP contribution in [-0.2, 0) is 0 Å². The predicted octanol–water partition coefficient (Wildman–Crippen LogP) is 3.70. The number of hydrogen-bond donors (Lipinski definition) is 1. The SMILES string of the molecule is CCCC/C=C/C=C/C=C/[C@@H]1CC[C@H](O)[C@H](C)[N+]1(C)[O-]. The van der Waals surface area contributed by atoms with Crippen molar-refractivity contribution in [2.75, 3.05) is 7.05 Å². The maximum atomic E-state index is 12.5. The van der Waals surface area contributed by atoms with Gasteiger partial charge in [-0.25, -0.2) is 0 Å². The van der Waals surface area contributed by atoms with Crippen LogP contribution < -0.4 is 0 Å². The summed E-state index contributed by atoms with van der Waals surface area (Å²) >= 11 is 0. The lowest BCUT2D eigenvalue weighted by Gasteiger charge is -2.53. The van der Waals surface area contributed by atoms with Crippen molar-refractivity contribution in [2.24, 2.45) is 0 Å². The van der Waals surface area contributed by atoms with E-state index in [0.717, 1.165) is 12.8 Å². The molecule has 1 aliphatic heterocycles. The second-order valence-electron chi connectivity index (χ2n) is 5.85. The Morgan fingerprint density at radius 1 is 1.20 bits per heavy atom. The van der Waals surface area contributed by atoms with E-state index in [-0.39, 0.29) is 16.7 Å². The Labute approximate surface area is 123 Å². The molecule has 0 aromatic heterocycles. The summed E-state index contributed by atoms with van der Waals surface area (Å²) in [7, 11) is 1.66. The van der Waals surface area contributed by atoms with Gasteiger partial charge in [-0.1, -0.05) is 50.1 Å². The largest absolute Gasteiger partial charge is 0.632 e. The average Bonchev–Trinajstić information content (AvgIpc) is 2.42. The Bertz CT molecular complexity index is 358. The molecule has 1 saturated heterocycles. The molecule has 0 bridgehead atoms. The van der Waals surface area contributed by atoms with Crippen LogP contribution in [-0.4, -0.2) is 35.0 Å². The van der Waals surface area contributed by atoms with Crippen molar-refractivity contribution in [1.82, 2.24) is 0 Å². The van der Waals surface area contributed by atoms with Gasteiger partial charge in [-0.15, -0.1) is 0 Å². The van der Waals surface area contributed by atoms with Gasteiger partial charge in [-0.05, 0) is 25.8 Å². The molecule has 3 nitrogen and oxygen atoms in total. The Hall–Kier alpha value is -0.900. The summed E-state index contributed by atoms with van der Waals surface area (Å²) in [4.78, 5) is 0. The van der Waals surface area contributed by atoms with Gasteiger partial charge < -0.3 is 15.0 Å². The van der Waals surface area contributed by atoms with Crippen molar-refractivity contribution in [3.05, 3.63) is 41.7 Å². The zero-order valence-electron chi connectivity index (χ0n) is 13.0. The monoisotopic (exact) mass is 279 g/mol. The van der Waals surface area contributed by atoms with E-state index in [4.69, 9.17) is 0 Å². The molecule has 3 heteroatoms. The molecule has 0 aliphatic carbocycles. The lowest BCUT2D eigenvalue weighted by Crippen LogP contribution is -2.60. The molecule has 114 valence electrons. The fourth-order valence-corrected chi connectivity index (χ4v) is 2.57. The summed E-state index contributed by atoms with van der Waals surface area (Å²) < 4.78 is -0.377. The Morgan fingerprint density at radius 3 is 2.60 bits per heavy atom. The smallest absolute Gasteiger partial charge is 0.112 e. The number of likely N-dealkylation sites (N-methyl/N-ethyl adjacent to an activating group) is 1. The van der Waals surface area contributed by atoms with E-state index in [1.54, 1.807) is 7.05 Å². The highest BCUT2D eigenvalue weighted by atomic mass is 16.6. The van der Waals surface area contributed by atoms with E-state index >= 15 is 0 Å². The normalized spacial score (nSPS) is 35.5. The summed E-state index contributed by atoms with van der Waals surface area (Å²) in [5, 5.41) is 22.3. The van der Waals surface area contributed by atoms with Crippen LogP contribution in [0.25, 0.3) is 0 Å². The zero-order valence-corrected chi connectivity index (χ0v) is 13.0. The maximum Gasteiger partial charge on any atom is 0.112 e. The molecule has 0 saturated carbocycles. The number of piperidine rings is 1. The van der Waals surface area contributed by atoms with Gasteiger partial charge in [-0.2, -0.15) is 0 Å². The van der Waals surface area contributed by atoms with Gasteiger partial charge in [0.15, 0.2) is 0 Å². The predicted molar refractivity (Wildman–Crippen MR) is 85.0 cm³/mol. The summed E-state index contributed by atoms with van der Waals surface area (Å²) in [6, 6.07) is -0.307. The van der Waals surface area contributed by atoms with Crippen molar-refractivity contribution < 1.29 is 9.75 Å². The number of quaternary nitrogens is 1. The van der Waals surface area contributed by atoms with Crippen LogP contribution in [0.15, 0.2) is 36.5 Å². The first kappa shape index (κ1) is 17.2.